The third-order valence-electron chi connectivity index (χ3n) is 3.71. The fraction of sp³-hybridized carbons (Fsp3) is 0.0526. The third kappa shape index (κ3) is 4.04. The number of nitrogens with one attached hydrogen (secondary N) is 2. The van der Waals surface area contributed by atoms with E-state index in [1.54, 1.807) is 0 Å². The molecular weight excluding hydrogens is 371 g/mol. The predicted octanol–water partition coefficient (Wildman–Crippen LogP) is 1.80. The SMILES string of the molecule is COc1cc(C=C2C(=O)NC(=O)NC2=O)ccc1OC(=O)c1cccc(F)c1. The molecule has 1 saturated heterocycles. The molecule has 0 saturated carbocycles. The summed E-state index contributed by atoms with van der Waals surface area (Å²) in [5.74, 6) is -2.83. The zero-order chi connectivity index (χ0) is 20.3. The van der Waals surface area contributed by atoms with E-state index in [4.69, 9.17) is 9.47 Å². The molecule has 8 nitrogen and oxygen atoms in total. The van der Waals surface area contributed by atoms with Gasteiger partial charge in [-0.3, -0.25) is 20.2 Å². The molecule has 3 rings (SSSR count). The molecule has 0 unspecified atom stereocenters. The summed E-state index contributed by atoms with van der Waals surface area (Å²) in [5.41, 5.74) is 0.136. The summed E-state index contributed by atoms with van der Waals surface area (Å²) in [6.07, 6.45) is 1.25. The van der Waals surface area contributed by atoms with Crippen LogP contribution < -0.4 is 20.1 Å². The maximum atomic E-state index is 13.2. The number of imide groups is 2. The number of barbiturate groups is 1. The van der Waals surface area contributed by atoms with E-state index >= 15 is 0 Å². The number of halogens is 1. The summed E-state index contributed by atoms with van der Waals surface area (Å²) in [6, 6.07) is 8.41. The van der Waals surface area contributed by atoms with Gasteiger partial charge in [-0.2, -0.15) is 0 Å². The summed E-state index contributed by atoms with van der Waals surface area (Å²) in [6.45, 7) is 0. The van der Waals surface area contributed by atoms with Gasteiger partial charge in [0.05, 0.1) is 12.7 Å². The fourth-order valence-electron chi connectivity index (χ4n) is 2.41. The molecule has 1 aliphatic rings. The highest BCUT2D eigenvalue weighted by Gasteiger charge is 2.27. The normalized spacial score (nSPS) is 13.5. The highest BCUT2D eigenvalue weighted by atomic mass is 19.1. The molecule has 0 bridgehead atoms. The van der Waals surface area contributed by atoms with Crippen LogP contribution in [-0.4, -0.2) is 30.9 Å². The van der Waals surface area contributed by atoms with Crippen LogP contribution in [0.2, 0.25) is 0 Å². The number of amides is 4. The van der Waals surface area contributed by atoms with Crippen LogP contribution in [0.4, 0.5) is 9.18 Å². The summed E-state index contributed by atoms with van der Waals surface area (Å²) < 4.78 is 23.6. The monoisotopic (exact) mass is 384 g/mol. The zero-order valence-corrected chi connectivity index (χ0v) is 14.4. The Morgan fingerprint density at radius 2 is 1.71 bits per heavy atom. The second-order valence-corrected chi connectivity index (χ2v) is 5.61. The Labute approximate surface area is 157 Å². The average Bonchev–Trinajstić information content (AvgIpc) is 2.65. The number of benzene rings is 2. The van der Waals surface area contributed by atoms with Gasteiger partial charge in [0, 0.05) is 0 Å². The van der Waals surface area contributed by atoms with Crippen molar-refractivity contribution in [2.24, 2.45) is 0 Å². The molecule has 2 N–H and O–H groups in total. The lowest BCUT2D eigenvalue weighted by Crippen LogP contribution is -2.51. The number of carbonyl (C=O) groups excluding carboxylic acids is 4. The van der Waals surface area contributed by atoms with Crippen LogP contribution in [0.1, 0.15) is 15.9 Å². The van der Waals surface area contributed by atoms with E-state index in [2.05, 4.69) is 0 Å². The van der Waals surface area contributed by atoms with Crippen LogP contribution in [0.15, 0.2) is 48.0 Å². The van der Waals surface area contributed by atoms with E-state index in [0.29, 0.717) is 5.56 Å². The number of carbonyl (C=O) groups is 4. The number of esters is 1. The van der Waals surface area contributed by atoms with Crippen molar-refractivity contribution in [3.05, 3.63) is 65.0 Å². The number of hydrogen-bond acceptors (Lipinski definition) is 6. The minimum atomic E-state index is -0.899. The van der Waals surface area contributed by atoms with Gasteiger partial charge in [-0.1, -0.05) is 12.1 Å². The minimum absolute atomic E-state index is 0.0217. The quantitative estimate of drug-likeness (QED) is 0.360. The second kappa shape index (κ2) is 7.70. The minimum Gasteiger partial charge on any atom is -0.493 e. The van der Waals surface area contributed by atoms with E-state index in [1.165, 1.54) is 49.6 Å². The average molecular weight is 384 g/mol. The maximum Gasteiger partial charge on any atom is 0.343 e. The molecule has 1 fully saturated rings. The molecular formula is C19H13FN2O6. The van der Waals surface area contributed by atoms with Crippen molar-refractivity contribution in [2.75, 3.05) is 7.11 Å². The van der Waals surface area contributed by atoms with E-state index in [0.717, 1.165) is 6.07 Å². The Hall–Kier alpha value is -4.01. The van der Waals surface area contributed by atoms with Crippen LogP contribution in [0.3, 0.4) is 0 Å². The number of methoxy groups -OCH3 is 1. The highest BCUT2D eigenvalue weighted by Crippen LogP contribution is 2.30. The first kappa shape index (κ1) is 18.8. The molecule has 142 valence electrons. The Morgan fingerprint density at radius 3 is 2.36 bits per heavy atom. The first-order valence-electron chi connectivity index (χ1n) is 7.91. The van der Waals surface area contributed by atoms with Crippen molar-refractivity contribution in [3.8, 4) is 11.5 Å². The fourth-order valence-corrected chi connectivity index (χ4v) is 2.41. The van der Waals surface area contributed by atoms with Gasteiger partial charge in [0.1, 0.15) is 11.4 Å². The molecule has 2 aromatic rings. The van der Waals surface area contributed by atoms with Gasteiger partial charge in [0.15, 0.2) is 11.5 Å². The topological polar surface area (TPSA) is 111 Å². The summed E-state index contributed by atoms with van der Waals surface area (Å²) >= 11 is 0. The maximum absolute atomic E-state index is 13.2. The molecule has 28 heavy (non-hydrogen) atoms. The van der Waals surface area contributed by atoms with Gasteiger partial charge in [0.25, 0.3) is 11.8 Å². The predicted molar refractivity (Wildman–Crippen MR) is 94.0 cm³/mol. The molecule has 2 aromatic carbocycles. The van der Waals surface area contributed by atoms with Crippen molar-refractivity contribution in [3.63, 3.8) is 0 Å². The molecule has 0 atom stereocenters. The molecule has 1 aliphatic heterocycles. The smallest absolute Gasteiger partial charge is 0.343 e. The van der Waals surface area contributed by atoms with Crippen LogP contribution >= 0.6 is 0 Å². The highest BCUT2D eigenvalue weighted by molar-refractivity contribution is 6.31. The van der Waals surface area contributed by atoms with E-state index < -0.39 is 29.6 Å². The summed E-state index contributed by atoms with van der Waals surface area (Å²) in [5, 5.41) is 3.92. The van der Waals surface area contributed by atoms with E-state index in [1.807, 2.05) is 10.6 Å². The third-order valence-corrected chi connectivity index (χ3v) is 3.71. The van der Waals surface area contributed by atoms with Gasteiger partial charge in [-0.05, 0) is 42.0 Å². The van der Waals surface area contributed by atoms with Crippen LogP contribution in [0, 0.1) is 5.82 Å². The van der Waals surface area contributed by atoms with E-state index in [-0.39, 0.29) is 22.6 Å². The number of ether oxygens (including phenoxy) is 2. The molecule has 4 amide bonds. The van der Waals surface area contributed by atoms with Crippen LogP contribution in [-0.2, 0) is 9.59 Å². The first-order valence-corrected chi connectivity index (χ1v) is 7.91. The Morgan fingerprint density at radius 1 is 1.00 bits per heavy atom. The van der Waals surface area contributed by atoms with Crippen LogP contribution in [0.5, 0.6) is 11.5 Å². The Kier molecular flexibility index (Phi) is 5.16. The van der Waals surface area contributed by atoms with Crippen molar-refractivity contribution in [2.45, 2.75) is 0 Å². The second-order valence-electron chi connectivity index (χ2n) is 5.61. The van der Waals surface area contributed by atoms with Crippen LogP contribution in [0.25, 0.3) is 6.08 Å². The van der Waals surface area contributed by atoms with Crippen molar-refractivity contribution >= 4 is 29.9 Å². The Balaban J connectivity index is 1.85. The number of hydrogen-bond donors (Lipinski definition) is 2. The van der Waals surface area contributed by atoms with Gasteiger partial charge in [-0.15, -0.1) is 0 Å². The first-order chi connectivity index (χ1) is 13.4. The van der Waals surface area contributed by atoms with Gasteiger partial charge in [0.2, 0.25) is 0 Å². The number of rotatable bonds is 4. The summed E-state index contributed by atoms with van der Waals surface area (Å²) in [7, 11) is 1.34. The molecule has 0 aromatic heterocycles. The lowest BCUT2D eigenvalue weighted by atomic mass is 10.1. The molecule has 0 radical (unpaired) electrons. The van der Waals surface area contributed by atoms with Crippen molar-refractivity contribution in [1.29, 1.82) is 0 Å². The molecule has 1 heterocycles. The van der Waals surface area contributed by atoms with Crippen molar-refractivity contribution in [1.82, 2.24) is 10.6 Å². The molecule has 0 spiro atoms. The molecule has 0 aliphatic carbocycles. The van der Waals surface area contributed by atoms with Gasteiger partial charge >= 0.3 is 12.0 Å². The van der Waals surface area contributed by atoms with Gasteiger partial charge in [-0.25, -0.2) is 14.0 Å². The lowest BCUT2D eigenvalue weighted by molar-refractivity contribution is -0.123. The van der Waals surface area contributed by atoms with Gasteiger partial charge < -0.3 is 9.47 Å². The lowest BCUT2D eigenvalue weighted by Gasteiger charge is -2.14. The molecule has 9 heteroatoms. The number of urea groups is 1. The standard InChI is InChI=1S/C19H13FN2O6/c1-27-15-8-10(7-13-16(23)21-19(26)22-17(13)24)5-6-14(15)28-18(25)11-3-2-4-12(20)9-11/h2-9H,1H3,(H2,21,22,23,24,26). The van der Waals surface area contributed by atoms with E-state index in [9.17, 15) is 23.6 Å². The zero-order valence-electron chi connectivity index (χ0n) is 14.4. The van der Waals surface area contributed by atoms with Crippen molar-refractivity contribution < 1.29 is 33.0 Å². The summed E-state index contributed by atoms with van der Waals surface area (Å²) in [4.78, 5) is 46.8. The largest absolute Gasteiger partial charge is 0.493 e. The Bertz CT molecular complexity index is 1010.